The van der Waals surface area contributed by atoms with Crippen LogP contribution in [0.2, 0.25) is 0 Å². The molecule has 1 N–H and O–H groups in total. The van der Waals surface area contributed by atoms with Gasteiger partial charge in [0.15, 0.2) is 0 Å². The van der Waals surface area contributed by atoms with E-state index in [1.807, 2.05) is 0 Å². The monoisotopic (exact) mass is 364 g/mol. The molecule has 2 fully saturated rings. The first-order valence-electron chi connectivity index (χ1n) is 10.1. The van der Waals surface area contributed by atoms with Crippen LogP contribution in [0.15, 0.2) is 48.5 Å². The predicted octanol–water partition coefficient (Wildman–Crippen LogP) is 4.55. The fourth-order valence-corrected chi connectivity index (χ4v) is 4.14. The van der Waals surface area contributed by atoms with Crippen molar-refractivity contribution in [3.05, 3.63) is 59.7 Å². The van der Waals surface area contributed by atoms with Gasteiger partial charge in [0.2, 0.25) is 0 Å². The molecule has 1 amide bonds. The SMILES string of the molecule is C[C@@H]1CCCN1CCc1ccc(-c2ccc(C3CCOC(=O)N3)cc2)cc1. The molecule has 0 aromatic heterocycles. The van der Waals surface area contributed by atoms with Gasteiger partial charge in [-0.05, 0) is 55.0 Å². The van der Waals surface area contributed by atoms with Gasteiger partial charge in [-0.25, -0.2) is 4.79 Å². The van der Waals surface area contributed by atoms with Crippen LogP contribution in [0, 0.1) is 0 Å². The molecule has 2 saturated heterocycles. The van der Waals surface area contributed by atoms with Crippen LogP contribution in [0.3, 0.4) is 0 Å². The zero-order valence-electron chi connectivity index (χ0n) is 16.0. The molecule has 2 aromatic rings. The van der Waals surface area contributed by atoms with Crippen molar-refractivity contribution in [3.63, 3.8) is 0 Å². The van der Waals surface area contributed by atoms with Crippen molar-refractivity contribution in [3.8, 4) is 11.1 Å². The lowest BCUT2D eigenvalue weighted by molar-refractivity contribution is 0.115. The van der Waals surface area contributed by atoms with Crippen molar-refractivity contribution in [2.45, 2.75) is 44.7 Å². The number of rotatable bonds is 5. The van der Waals surface area contributed by atoms with Crippen LogP contribution in [-0.2, 0) is 11.2 Å². The fourth-order valence-electron chi connectivity index (χ4n) is 4.14. The highest BCUT2D eigenvalue weighted by Crippen LogP contribution is 2.25. The number of nitrogens with one attached hydrogen (secondary N) is 1. The summed E-state index contributed by atoms with van der Waals surface area (Å²) in [5.41, 5.74) is 4.97. The van der Waals surface area contributed by atoms with Gasteiger partial charge >= 0.3 is 6.09 Å². The van der Waals surface area contributed by atoms with Crippen LogP contribution >= 0.6 is 0 Å². The van der Waals surface area contributed by atoms with Gasteiger partial charge in [-0.2, -0.15) is 0 Å². The van der Waals surface area contributed by atoms with Gasteiger partial charge in [-0.3, -0.25) is 0 Å². The Kier molecular flexibility index (Phi) is 5.44. The third kappa shape index (κ3) is 4.33. The maximum atomic E-state index is 11.4. The van der Waals surface area contributed by atoms with Crippen LogP contribution in [-0.4, -0.2) is 36.7 Å². The molecule has 2 aliphatic rings. The molecule has 0 saturated carbocycles. The van der Waals surface area contributed by atoms with E-state index in [0.717, 1.165) is 31.0 Å². The lowest BCUT2D eigenvalue weighted by atomic mass is 9.98. The van der Waals surface area contributed by atoms with Gasteiger partial charge in [0.1, 0.15) is 0 Å². The highest BCUT2D eigenvalue weighted by molar-refractivity contribution is 5.69. The highest BCUT2D eigenvalue weighted by atomic mass is 16.5. The first-order chi connectivity index (χ1) is 13.2. The second kappa shape index (κ2) is 8.13. The van der Waals surface area contributed by atoms with Gasteiger partial charge in [-0.1, -0.05) is 48.5 Å². The molecule has 0 spiro atoms. The van der Waals surface area contributed by atoms with E-state index in [2.05, 4.69) is 65.7 Å². The number of cyclic esters (lactones) is 1. The van der Waals surface area contributed by atoms with Crippen molar-refractivity contribution in [1.29, 1.82) is 0 Å². The Bertz CT molecular complexity index is 770. The number of alkyl carbamates (subject to hydrolysis) is 1. The average Bonchev–Trinajstić information content (AvgIpc) is 3.12. The average molecular weight is 364 g/mol. The van der Waals surface area contributed by atoms with Gasteiger partial charge < -0.3 is 15.0 Å². The van der Waals surface area contributed by atoms with E-state index in [0.29, 0.717) is 6.61 Å². The zero-order valence-corrected chi connectivity index (χ0v) is 16.0. The largest absolute Gasteiger partial charge is 0.449 e. The molecule has 0 radical (unpaired) electrons. The molecule has 142 valence electrons. The zero-order chi connectivity index (χ0) is 18.6. The lowest BCUT2D eigenvalue weighted by Crippen LogP contribution is -2.35. The number of ether oxygens (including phenoxy) is 1. The Hall–Kier alpha value is -2.33. The summed E-state index contributed by atoms with van der Waals surface area (Å²) in [4.78, 5) is 14.0. The summed E-state index contributed by atoms with van der Waals surface area (Å²) in [7, 11) is 0. The Morgan fingerprint density at radius 2 is 1.74 bits per heavy atom. The Labute approximate surface area is 161 Å². The number of hydrogen-bond donors (Lipinski definition) is 1. The van der Waals surface area contributed by atoms with Gasteiger partial charge in [-0.15, -0.1) is 0 Å². The Morgan fingerprint density at radius 1 is 1.04 bits per heavy atom. The molecule has 2 heterocycles. The van der Waals surface area contributed by atoms with E-state index in [1.54, 1.807) is 0 Å². The molecule has 0 bridgehead atoms. The van der Waals surface area contributed by atoms with E-state index in [4.69, 9.17) is 4.74 Å². The van der Waals surface area contributed by atoms with E-state index < -0.39 is 0 Å². The molecule has 0 aliphatic carbocycles. The van der Waals surface area contributed by atoms with Crippen molar-refractivity contribution in [2.24, 2.45) is 0 Å². The van der Waals surface area contributed by atoms with Crippen molar-refractivity contribution in [1.82, 2.24) is 10.2 Å². The van der Waals surface area contributed by atoms with Crippen LogP contribution < -0.4 is 5.32 Å². The Morgan fingerprint density at radius 3 is 2.37 bits per heavy atom. The lowest BCUT2D eigenvalue weighted by Gasteiger charge is -2.23. The summed E-state index contributed by atoms with van der Waals surface area (Å²) in [6, 6.07) is 18.2. The Balaban J connectivity index is 1.37. The van der Waals surface area contributed by atoms with Crippen LogP contribution in [0.5, 0.6) is 0 Å². The van der Waals surface area contributed by atoms with E-state index in [1.165, 1.54) is 36.1 Å². The first kappa shape index (κ1) is 18.1. The molecule has 2 atom stereocenters. The third-order valence-electron chi connectivity index (χ3n) is 5.91. The quantitative estimate of drug-likeness (QED) is 0.846. The number of amides is 1. The van der Waals surface area contributed by atoms with Crippen LogP contribution in [0.1, 0.15) is 43.4 Å². The van der Waals surface area contributed by atoms with Crippen molar-refractivity contribution in [2.75, 3.05) is 19.7 Å². The fraction of sp³-hybridized carbons (Fsp3) is 0.435. The second-order valence-electron chi connectivity index (χ2n) is 7.72. The summed E-state index contributed by atoms with van der Waals surface area (Å²) in [5.74, 6) is 0. The summed E-state index contributed by atoms with van der Waals surface area (Å²) < 4.78 is 4.94. The molecule has 4 heteroatoms. The minimum Gasteiger partial charge on any atom is -0.449 e. The van der Waals surface area contributed by atoms with Crippen molar-refractivity contribution >= 4 is 6.09 Å². The minimum absolute atomic E-state index is 0.0515. The summed E-state index contributed by atoms with van der Waals surface area (Å²) >= 11 is 0. The molecular weight excluding hydrogens is 336 g/mol. The number of hydrogen-bond acceptors (Lipinski definition) is 3. The standard InChI is InChI=1S/C23H28N2O2/c1-17-3-2-14-25(17)15-12-18-4-6-19(7-5-18)20-8-10-21(11-9-20)22-13-16-27-23(26)24-22/h4-11,17,22H,2-3,12-16H2,1H3,(H,24,26)/t17-,22?/m1/s1. The number of carbonyl (C=O) groups excluding carboxylic acids is 1. The molecule has 2 aliphatic heterocycles. The molecule has 4 rings (SSSR count). The number of carbonyl (C=O) groups is 1. The third-order valence-corrected chi connectivity index (χ3v) is 5.91. The summed E-state index contributed by atoms with van der Waals surface area (Å²) in [6.07, 6.45) is 4.29. The number of likely N-dealkylation sites (tertiary alicyclic amines) is 1. The molecule has 2 aromatic carbocycles. The van der Waals surface area contributed by atoms with Crippen LogP contribution in [0.25, 0.3) is 11.1 Å². The maximum absolute atomic E-state index is 11.4. The smallest absolute Gasteiger partial charge is 0.407 e. The summed E-state index contributed by atoms with van der Waals surface area (Å²) in [6.45, 7) is 5.23. The molecule has 4 nitrogen and oxygen atoms in total. The molecule has 1 unspecified atom stereocenters. The topological polar surface area (TPSA) is 41.6 Å². The summed E-state index contributed by atoms with van der Waals surface area (Å²) in [5, 5.41) is 2.87. The molecular formula is C23H28N2O2. The normalized spacial score (nSPS) is 23.1. The predicted molar refractivity (Wildman–Crippen MR) is 108 cm³/mol. The van der Waals surface area contributed by atoms with E-state index in [9.17, 15) is 4.79 Å². The van der Waals surface area contributed by atoms with Crippen molar-refractivity contribution < 1.29 is 9.53 Å². The second-order valence-corrected chi connectivity index (χ2v) is 7.72. The van der Waals surface area contributed by atoms with E-state index >= 15 is 0 Å². The number of benzene rings is 2. The highest BCUT2D eigenvalue weighted by Gasteiger charge is 2.21. The minimum atomic E-state index is -0.325. The first-order valence-corrected chi connectivity index (χ1v) is 10.1. The van der Waals surface area contributed by atoms with Gasteiger partial charge in [0.25, 0.3) is 0 Å². The number of nitrogens with zero attached hydrogens (tertiary/aromatic N) is 1. The van der Waals surface area contributed by atoms with Gasteiger partial charge in [0.05, 0.1) is 12.6 Å². The molecule has 27 heavy (non-hydrogen) atoms. The van der Waals surface area contributed by atoms with Crippen LogP contribution in [0.4, 0.5) is 4.79 Å². The maximum Gasteiger partial charge on any atom is 0.407 e. The van der Waals surface area contributed by atoms with E-state index in [-0.39, 0.29) is 12.1 Å². The van der Waals surface area contributed by atoms with Gasteiger partial charge in [0, 0.05) is 19.0 Å².